The number of hydrogen-bond acceptors (Lipinski definition) is 7. The van der Waals surface area contributed by atoms with Crippen LogP contribution in [0.2, 0.25) is 0 Å². The van der Waals surface area contributed by atoms with Crippen LogP contribution in [0.4, 0.5) is 29.1 Å². The predicted molar refractivity (Wildman–Crippen MR) is 121 cm³/mol. The number of sulfone groups is 1. The molecule has 0 bridgehead atoms. The molecule has 1 saturated heterocycles. The Labute approximate surface area is 204 Å². The zero-order valence-electron chi connectivity index (χ0n) is 18.9. The van der Waals surface area contributed by atoms with Gasteiger partial charge in [0.15, 0.2) is 5.82 Å². The average molecular weight is 529 g/mol. The van der Waals surface area contributed by atoms with E-state index in [9.17, 15) is 36.0 Å². The molecule has 2 aromatic rings. The SMILES string of the molecule is N#CC[C@H]1C[C@@H](N2CC(F)C2)CC[C@@H]1n1cc(C(N)=O)c(Nc2ccc(S(=O)(=O)C(F)(F)F)cc2)n1. The van der Waals surface area contributed by atoms with Crippen molar-refractivity contribution in [2.24, 2.45) is 11.7 Å². The van der Waals surface area contributed by atoms with Crippen molar-refractivity contribution in [3.05, 3.63) is 36.0 Å². The Morgan fingerprint density at radius 3 is 2.44 bits per heavy atom. The van der Waals surface area contributed by atoms with Crippen LogP contribution in [0, 0.1) is 17.2 Å². The molecule has 1 aromatic carbocycles. The Balaban J connectivity index is 1.55. The van der Waals surface area contributed by atoms with Gasteiger partial charge in [-0.25, -0.2) is 12.8 Å². The number of anilines is 2. The number of hydrogen-bond donors (Lipinski definition) is 2. The number of amides is 1. The summed E-state index contributed by atoms with van der Waals surface area (Å²) in [5.41, 5.74) is 0.299. The van der Waals surface area contributed by atoms with Gasteiger partial charge in [-0.2, -0.15) is 23.5 Å². The van der Waals surface area contributed by atoms with E-state index in [0.717, 1.165) is 30.7 Å². The van der Waals surface area contributed by atoms with Crippen molar-refractivity contribution in [2.45, 2.75) is 54.3 Å². The van der Waals surface area contributed by atoms with Crippen LogP contribution in [0.25, 0.3) is 0 Å². The van der Waals surface area contributed by atoms with Gasteiger partial charge in [-0.3, -0.25) is 14.4 Å². The summed E-state index contributed by atoms with van der Waals surface area (Å²) in [5.74, 6) is -0.831. The molecule has 0 unspecified atom stereocenters. The van der Waals surface area contributed by atoms with E-state index in [4.69, 9.17) is 5.73 Å². The van der Waals surface area contributed by atoms with Crippen molar-refractivity contribution in [1.82, 2.24) is 14.7 Å². The number of nitrogens with one attached hydrogen (secondary N) is 1. The van der Waals surface area contributed by atoms with Crippen molar-refractivity contribution in [2.75, 3.05) is 18.4 Å². The summed E-state index contributed by atoms with van der Waals surface area (Å²) in [7, 11) is -5.49. The number of benzene rings is 1. The second kappa shape index (κ2) is 9.70. The van der Waals surface area contributed by atoms with E-state index in [0.29, 0.717) is 25.9 Å². The lowest BCUT2D eigenvalue weighted by Crippen LogP contribution is -2.55. The van der Waals surface area contributed by atoms with Gasteiger partial charge >= 0.3 is 5.51 Å². The summed E-state index contributed by atoms with van der Waals surface area (Å²) in [5, 5.41) is 16.6. The molecule has 194 valence electrons. The van der Waals surface area contributed by atoms with Crippen molar-refractivity contribution >= 4 is 27.2 Å². The van der Waals surface area contributed by atoms with Gasteiger partial charge in [-0.1, -0.05) is 0 Å². The molecule has 0 radical (unpaired) electrons. The third-order valence-electron chi connectivity index (χ3n) is 6.72. The number of aromatic nitrogens is 2. The lowest BCUT2D eigenvalue weighted by Gasteiger charge is -2.46. The van der Waals surface area contributed by atoms with Gasteiger partial charge in [0.1, 0.15) is 11.7 Å². The van der Waals surface area contributed by atoms with E-state index in [1.54, 1.807) is 4.68 Å². The molecule has 2 fully saturated rings. The summed E-state index contributed by atoms with van der Waals surface area (Å²) in [6.07, 6.45) is 2.98. The third kappa shape index (κ3) is 5.03. The van der Waals surface area contributed by atoms with Gasteiger partial charge in [0.2, 0.25) is 0 Å². The van der Waals surface area contributed by atoms with E-state index in [1.165, 1.54) is 6.20 Å². The normalized spacial score (nSPS) is 23.6. The zero-order valence-corrected chi connectivity index (χ0v) is 19.8. The summed E-state index contributed by atoms with van der Waals surface area (Å²) >= 11 is 0. The molecule has 36 heavy (non-hydrogen) atoms. The van der Waals surface area contributed by atoms with Gasteiger partial charge in [-0.05, 0) is 49.4 Å². The summed E-state index contributed by atoms with van der Waals surface area (Å²) in [6.45, 7) is 0.776. The average Bonchev–Trinajstić information content (AvgIpc) is 3.20. The Morgan fingerprint density at radius 2 is 1.89 bits per heavy atom. The minimum Gasteiger partial charge on any atom is -0.365 e. The molecule has 4 rings (SSSR count). The first-order valence-corrected chi connectivity index (χ1v) is 12.7. The molecule has 1 amide bonds. The fraction of sp³-hybridized carbons (Fsp3) is 0.500. The number of alkyl halides is 4. The number of carbonyl (C=O) groups excluding carboxylic acids is 1. The molecule has 2 heterocycles. The highest BCUT2D eigenvalue weighted by molar-refractivity contribution is 7.92. The molecule has 14 heteroatoms. The maximum absolute atomic E-state index is 13.3. The minimum absolute atomic E-state index is 0.0304. The first kappa shape index (κ1) is 25.9. The molecule has 1 aromatic heterocycles. The molecular weight excluding hydrogens is 504 g/mol. The van der Waals surface area contributed by atoms with E-state index in [2.05, 4.69) is 21.4 Å². The number of halogens is 4. The fourth-order valence-electron chi connectivity index (χ4n) is 4.82. The number of carbonyl (C=O) groups is 1. The van der Waals surface area contributed by atoms with Crippen LogP contribution >= 0.6 is 0 Å². The van der Waals surface area contributed by atoms with Crippen molar-refractivity contribution < 1.29 is 30.8 Å². The standard InChI is InChI=1S/C22H24F4N6O3S/c23-14-10-31(11-14)16-3-6-19(13(9-16)7-8-27)32-12-18(20(28)33)21(30-32)29-15-1-4-17(5-2-15)36(34,35)22(24,25)26/h1-2,4-5,12-14,16,19H,3,6-7,9-11H2,(H2,28,33)(H,29,30)/t13-,16-,19-/m0/s1. The molecule has 3 atom stereocenters. The molecule has 3 N–H and O–H groups in total. The van der Waals surface area contributed by atoms with Crippen LogP contribution in [0.1, 0.15) is 42.1 Å². The Kier molecular flexibility index (Phi) is 6.98. The first-order valence-electron chi connectivity index (χ1n) is 11.2. The Hall–Kier alpha value is -3.18. The highest BCUT2D eigenvalue weighted by Crippen LogP contribution is 2.40. The van der Waals surface area contributed by atoms with Crippen LogP contribution < -0.4 is 11.1 Å². The topological polar surface area (TPSA) is 134 Å². The Morgan fingerprint density at radius 1 is 1.22 bits per heavy atom. The van der Waals surface area contributed by atoms with Gasteiger partial charge in [0, 0.05) is 37.4 Å². The number of rotatable bonds is 7. The van der Waals surface area contributed by atoms with Crippen LogP contribution in [0.5, 0.6) is 0 Å². The number of nitriles is 1. The number of nitrogens with zero attached hydrogens (tertiary/aromatic N) is 4. The lowest BCUT2D eigenvalue weighted by molar-refractivity contribution is -0.0436. The van der Waals surface area contributed by atoms with Crippen LogP contribution in [-0.2, 0) is 9.84 Å². The summed E-state index contributed by atoms with van der Waals surface area (Å²) in [6, 6.07) is 5.98. The maximum Gasteiger partial charge on any atom is 0.501 e. The summed E-state index contributed by atoms with van der Waals surface area (Å²) < 4.78 is 76.3. The van der Waals surface area contributed by atoms with E-state index >= 15 is 0 Å². The minimum atomic E-state index is -5.49. The van der Waals surface area contributed by atoms with Crippen molar-refractivity contribution in [3.63, 3.8) is 0 Å². The largest absolute Gasteiger partial charge is 0.501 e. The first-order chi connectivity index (χ1) is 16.9. The second-order valence-electron chi connectivity index (χ2n) is 9.04. The van der Waals surface area contributed by atoms with E-state index < -0.39 is 32.3 Å². The zero-order chi connectivity index (χ0) is 26.3. The molecular formula is C22H24F4N6O3S. The van der Waals surface area contributed by atoms with Gasteiger partial charge in [-0.15, -0.1) is 0 Å². The maximum atomic E-state index is 13.3. The quantitative estimate of drug-likeness (QED) is 0.527. The van der Waals surface area contributed by atoms with E-state index in [-0.39, 0.29) is 41.5 Å². The Bertz CT molecular complexity index is 1270. The van der Waals surface area contributed by atoms with Crippen molar-refractivity contribution in [3.8, 4) is 6.07 Å². The smallest absolute Gasteiger partial charge is 0.365 e. The molecule has 9 nitrogen and oxygen atoms in total. The molecule has 1 aliphatic carbocycles. The van der Waals surface area contributed by atoms with E-state index in [1.807, 2.05) is 0 Å². The summed E-state index contributed by atoms with van der Waals surface area (Å²) in [4.78, 5) is 13.2. The molecule has 0 spiro atoms. The second-order valence-corrected chi connectivity index (χ2v) is 11.0. The molecule has 2 aliphatic rings. The van der Waals surface area contributed by atoms with Crippen LogP contribution in [0.15, 0.2) is 35.4 Å². The highest BCUT2D eigenvalue weighted by atomic mass is 32.2. The van der Waals surface area contributed by atoms with Crippen LogP contribution in [0.3, 0.4) is 0 Å². The fourth-order valence-corrected chi connectivity index (χ4v) is 5.58. The number of likely N-dealkylation sites (tertiary alicyclic amines) is 1. The number of primary amides is 1. The van der Waals surface area contributed by atoms with Crippen molar-refractivity contribution in [1.29, 1.82) is 5.26 Å². The van der Waals surface area contributed by atoms with Crippen LogP contribution in [-0.4, -0.2) is 59.8 Å². The van der Waals surface area contributed by atoms with Gasteiger partial charge < -0.3 is 11.1 Å². The molecule has 1 saturated carbocycles. The monoisotopic (exact) mass is 528 g/mol. The number of nitrogens with two attached hydrogens (primary N) is 1. The van der Waals surface area contributed by atoms with Gasteiger partial charge in [0.05, 0.1) is 17.0 Å². The van der Waals surface area contributed by atoms with Gasteiger partial charge in [0.25, 0.3) is 15.7 Å². The molecule has 1 aliphatic heterocycles. The predicted octanol–water partition coefficient (Wildman–Crippen LogP) is 3.30. The lowest BCUT2D eigenvalue weighted by atomic mass is 9.78. The third-order valence-corrected chi connectivity index (χ3v) is 8.22. The highest BCUT2D eigenvalue weighted by Gasteiger charge is 2.46.